The van der Waals surface area contributed by atoms with Crippen LogP contribution in [-0.4, -0.2) is 62.7 Å². The van der Waals surface area contributed by atoms with Gasteiger partial charge >= 0.3 is 0 Å². The number of carbonyl (C=O) groups is 1. The van der Waals surface area contributed by atoms with E-state index in [2.05, 4.69) is 27.4 Å². The summed E-state index contributed by atoms with van der Waals surface area (Å²) in [7, 11) is 3.99. The van der Waals surface area contributed by atoms with Crippen LogP contribution in [0, 0.1) is 0 Å². The van der Waals surface area contributed by atoms with Crippen molar-refractivity contribution in [2.24, 2.45) is 0 Å². The highest BCUT2D eigenvalue weighted by Gasteiger charge is 2.07. The third-order valence-electron chi connectivity index (χ3n) is 2.79. The molecule has 2 N–H and O–H groups in total. The van der Waals surface area contributed by atoms with Crippen LogP contribution in [0.5, 0.6) is 0 Å². The highest BCUT2D eigenvalue weighted by atomic mass is 16.5. The molecule has 0 unspecified atom stereocenters. The van der Waals surface area contributed by atoms with Crippen molar-refractivity contribution in [1.29, 1.82) is 0 Å². The van der Waals surface area contributed by atoms with Crippen LogP contribution in [0.2, 0.25) is 0 Å². The highest BCUT2D eigenvalue weighted by molar-refractivity contribution is 5.93. The van der Waals surface area contributed by atoms with E-state index in [1.54, 1.807) is 12.3 Å². The van der Waals surface area contributed by atoms with Gasteiger partial charge in [0.05, 0.1) is 13.2 Å². The van der Waals surface area contributed by atoms with Crippen LogP contribution in [0.15, 0.2) is 18.3 Å². The summed E-state index contributed by atoms with van der Waals surface area (Å²) in [5, 5.41) is 6.04. The fourth-order valence-electron chi connectivity index (χ4n) is 1.61. The first-order chi connectivity index (χ1) is 10.1. The van der Waals surface area contributed by atoms with Gasteiger partial charge in [0.15, 0.2) is 0 Å². The zero-order chi connectivity index (χ0) is 15.5. The van der Waals surface area contributed by atoms with Gasteiger partial charge in [0.25, 0.3) is 5.91 Å². The van der Waals surface area contributed by atoms with E-state index in [0.29, 0.717) is 25.5 Å². The van der Waals surface area contributed by atoms with Crippen molar-refractivity contribution < 1.29 is 9.53 Å². The summed E-state index contributed by atoms with van der Waals surface area (Å²) < 4.78 is 5.42. The zero-order valence-electron chi connectivity index (χ0n) is 13.2. The summed E-state index contributed by atoms with van der Waals surface area (Å²) >= 11 is 0. The summed E-state index contributed by atoms with van der Waals surface area (Å²) in [5.41, 5.74) is 1.34. The molecule has 0 aliphatic heterocycles. The fraction of sp³-hybridized carbons (Fsp3) is 0.600. The molecule has 0 fully saturated rings. The van der Waals surface area contributed by atoms with Crippen LogP contribution in [-0.2, 0) is 4.74 Å². The first kappa shape index (κ1) is 17.4. The molecule has 21 heavy (non-hydrogen) atoms. The summed E-state index contributed by atoms with van der Waals surface area (Å²) in [4.78, 5) is 18.1. The Morgan fingerprint density at radius 2 is 2.14 bits per heavy atom. The molecule has 1 aromatic rings. The van der Waals surface area contributed by atoms with Crippen LogP contribution in [0.4, 0.5) is 5.69 Å². The molecule has 1 rings (SSSR count). The molecule has 0 aliphatic rings. The van der Waals surface area contributed by atoms with Gasteiger partial charge < -0.3 is 20.3 Å². The standard InChI is InChI=1S/C15H26N4O2/c1-4-6-16-13-5-7-17-14(12-13)15(20)18-8-10-21-11-9-19(2)3/h5,7,12H,4,6,8-11H2,1-3H3,(H,16,17)(H,18,20). The molecular formula is C15H26N4O2. The molecule has 0 spiro atoms. The Morgan fingerprint density at radius 3 is 2.86 bits per heavy atom. The molecule has 6 heteroatoms. The second-order valence-electron chi connectivity index (χ2n) is 5.03. The minimum absolute atomic E-state index is 0.175. The number of likely N-dealkylation sites (N-methyl/N-ethyl adjacent to an activating group) is 1. The number of hydrogen-bond donors (Lipinski definition) is 2. The molecule has 1 aromatic heterocycles. The summed E-state index contributed by atoms with van der Waals surface area (Å²) in [5.74, 6) is -0.175. The number of anilines is 1. The summed E-state index contributed by atoms with van der Waals surface area (Å²) in [6, 6.07) is 3.62. The van der Waals surface area contributed by atoms with Gasteiger partial charge in [0, 0.05) is 31.5 Å². The number of hydrogen-bond acceptors (Lipinski definition) is 5. The molecule has 1 amide bonds. The number of nitrogens with one attached hydrogen (secondary N) is 2. The number of pyridine rings is 1. The SMILES string of the molecule is CCCNc1ccnc(C(=O)NCCOCCN(C)C)c1. The lowest BCUT2D eigenvalue weighted by Gasteiger charge is -2.10. The first-order valence-electron chi connectivity index (χ1n) is 7.34. The molecule has 0 saturated carbocycles. The lowest BCUT2D eigenvalue weighted by atomic mass is 10.3. The molecule has 0 saturated heterocycles. The third kappa shape index (κ3) is 7.63. The first-order valence-corrected chi connectivity index (χ1v) is 7.34. The second-order valence-corrected chi connectivity index (χ2v) is 5.03. The number of nitrogens with zero attached hydrogens (tertiary/aromatic N) is 2. The highest BCUT2D eigenvalue weighted by Crippen LogP contribution is 2.07. The quantitative estimate of drug-likeness (QED) is 0.635. The molecule has 0 bridgehead atoms. The van der Waals surface area contributed by atoms with Gasteiger partial charge in [-0.25, -0.2) is 0 Å². The summed E-state index contributed by atoms with van der Waals surface area (Å²) in [6.45, 7) is 5.51. The normalized spacial score (nSPS) is 10.7. The summed E-state index contributed by atoms with van der Waals surface area (Å²) in [6.07, 6.45) is 2.68. The zero-order valence-corrected chi connectivity index (χ0v) is 13.2. The van der Waals surface area contributed by atoms with Crippen LogP contribution >= 0.6 is 0 Å². The molecule has 0 aliphatic carbocycles. The fourth-order valence-corrected chi connectivity index (χ4v) is 1.61. The number of rotatable bonds is 10. The minimum Gasteiger partial charge on any atom is -0.385 e. The van der Waals surface area contributed by atoms with Crippen molar-refractivity contribution >= 4 is 11.6 Å². The maximum absolute atomic E-state index is 11.9. The van der Waals surface area contributed by atoms with E-state index >= 15 is 0 Å². The minimum atomic E-state index is -0.175. The Hall–Kier alpha value is -1.66. The van der Waals surface area contributed by atoms with Gasteiger partial charge in [-0.2, -0.15) is 0 Å². The van der Waals surface area contributed by atoms with Gasteiger partial charge in [-0.05, 0) is 32.6 Å². The number of amides is 1. The Balaban J connectivity index is 2.28. The second kappa shape index (κ2) is 10.1. The number of ether oxygens (including phenoxy) is 1. The monoisotopic (exact) mass is 294 g/mol. The predicted molar refractivity (Wildman–Crippen MR) is 84.7 cm³/mol. The van der Waals surface area contributed by atoms with E-state index < -0.39 is 0 Å². The third-order valence-corrected chi connectivity index (χ3v) is 2.79. The molecule has 6 nitrogen and oxygen atoms in total. The van der Waals surface area contributed by atoms with Crippen molar-refractivity contribution in [2.75, 3.05) is 52.3 Å². The van der Waals surface area contributed by atoms with E-state index in [9.17, 15) is 4.79 Å². The maximum Gasteiger partial charge on any atom is 0.270 e. The van der Waals surface area contributed by atoms with Crippen molar-refractivity contribution in [3.63, 3.8) is 0 Å². The van der Waals surface area contributed by atoms with Crippen molar-refractivity contribution in [2.45, 2.75) is 13.3 Å². The Bertz CT molecular complexity index is 424. The molecule has 0 radical (unpaired) electrons. The van der Waals surface area contributed by atoms with Gasteiger partial charge in [0.2, 0.25) is 0 Å². The smallest absolute Gasteiger partial charge is 0.270 e. The maximum atomic E-state index is 11.9. The van der Waals surface area contributed by atoms with Crippen LogP contribution in [0.25, 0.3) is 0 Å². The van der Waals surface area contributed by atoms with Crippen molar-refractivity contribution in [3.05, 3.63) is 24.0 Å². The van der Waals surface area contributed by atoms with Gasteiger partial charge in [-0.3, -0.25) is 9.78 Å². The molecular weight excluding hydrogens is 268 g/mol. The average molecular weight is 294 g/mol. The molecule has 1 heterocycles. The lowest BCUT2D eigenvalue weighted by Crippen LogP contribution is -2.29. The van der Waals surface area contributed by atoms with E-state index in [-0.39, 0.29) is 5.91 Å². The molecule has 0 aromatic carbocycles. The number of aromatic nitrogens is 1. The number of carbonyl (C=O) groups excluding carboxylic acids is 1. The molecule has 0 atom stereocenters. The largest absolute Gasteiger partial charge is 0.385 e. The molecule has 118 valence electrons. The topological polar surface area (TPSA) is 66.5 Å². The van der Waals surface area contributed by atoms with Crippen LogP contribution in [0.1, 0.15) is 23.8 Å². The lowest BCUT2D eigenvalue weighted by molar-refractivity contribution is 0.0896. The van der Waals surface area contributed by atoms with Gasteiger partial charge in [-0.15, -0.1) is 0 Å². The predicted octanol–water partition coefficient (Wildman–Crippen LogP) is 1.21. The van der Waals surface area contributed by atoms with Crippen molar-refractivity contribution in [3.8, 4) is 0 Å². The Kier molecular flexibility index (Phi) is 8.38. The van der Waals surface area contributed by atoms with E-state index in [1.807, 2.05) is 20.2 Å². The van der Waals surface area contributed by atoms with Crippen LogP contribution in [0.3, 0.4) is 0 Å². The van der Waals surface area contributed by atoms with E-state index in [0.717, 1.165) is 25.2 Å². The Morgan fingerprint density at radius 1 is 1.33 bits per heavy atom. The van der Waals surface area contributed by atoms with Gasteiger partial charge in [0.1, 0.15) is 5.69 Å². The Labute approximate surface area is 126 Å². The van der Waals surface area contributed by atoms with Crippen molar-refractivity contribution in [1.82, 2.24) is 15.2 Å². The van der Waals surface area contributed by atoms with E-state index in [4.69, 9.17) is 4.74 Å². The van der Waals surface area contributed by atoms with E-state index in [1.165, 1.54) is 0 Å². The van der Waals surface area contributed by atoms with Crippen LogP contribution < -0.4 is 10.6 Å². The average Bonchev–Trinajstić information content (AvgIpc) is 2.48. The van der Waals surface area contributed by atoms with Gasteiger partial charge in [-0.1, -0.05) is 6.92 Å².